The number of benzene rings is 2. The maximum atomic E-state index is 12.6. The van der Waals surface area contributed by atoms with E-state index in [0.29, 0.717) is 33.8 Å². The van der Waals surface area contributed by atoms with Gasteiger partial charge in [-0.15, -0.1) is 0 Å². The van der Waals surface area contributed by atoms with Crippen LogP contribution in [0, 0.1) is 39.6 Å². The highest BCUT2D eigenvalue weighted by molar-refractivity contribution is 9.10. The lowest BCUT2D eigenvalue weighted by molar-refractivity contribution is -0.387. The Morgan fingerprint density at radius 3 is 1.69 bits per heavy atom. The Morgan fingerprint density at radius 2 is 1.34 bits per heavy atom. The van der Waals surface area contributed by atoms with Gasteiger partial charge in [-0.3, -0.25) is 10.1 Å². The third-order valence-electron chi connectivity index (χ3n) is 5.02. The highest BCUT2D eigenvalue weighted by atomic mass is 79.9. The lowest BCUT2D eigenvalue weighted by Crippen LogP contribution is -2.29. The Hall–Kier alpha value is -1.71. The Bertz CT molecular complexity index is 908. The van der Waals surface area contributed by atoms with Gasteiger partial charge >= 0.3 is 5.69 Å². The molecule has 0 atom stereocenters. The Labute approximate surface area is 225 Å². The summed E-state index contributed by atoms with van der Waals surface area (Å²) in [7, 11) is 0. The van der Waals surface area contributed by atoms with Gasteiger partial charge in [0.25, 0.3) is 0 Å². The molecule has 0 aliphatic carbocycles. The first kappa shape index (κ1) is 33.3. The van der Waals surface area contributed by atoms with E-state index < -0.39 is 16.4 Å². The molecule has 0 aromatic heterocycles. The quantitative estimate of drug-likeness (QED) is 0.184. The Morgan fingerprint density at radius 1 is 0.886 bits per heavy atom. The Kier molecular flexibility index (Phi) is 15.3. The zero-order valence-corrected chi connectivity index (χ0v) is 24.9. The van der Waals surface area contributed by atoms with Crippen LogP contribution in [0.5, 0.6) is 5.75 Å². The number of ether oxygens (including phenoxy) is 1. The molecule has 2 aromatic rings. The number of anilines is 1. The van der Waals surface area contributed by atoms with Crippen LogP contribution in [0.2, 0.25) is 0 Å². The number of halogens is 3. The molecule has 3 N–H and O–H groups in total. The number of nitrogen functional groups attached to an aromatic ring is 1. The largest absolute Gasteiger partial charge is 0.488 e. The standard InChI is InChI=1S/C13H20BrNO.C7H16O.C6H3BrFNO2/c1-8(2)13(9(3)4)16-12-6-5-10(14)7-11(12)15;1-5(2)7(8)6(3)4;7-4-1-2-5(8)6(3-4)9(10)11/h5-9,13H,15H2,1-4H3;5-8H,1-4H3;1-3H. The van der Waals surface area contributed by atoms with Gasteiger partial charge in [-0.25, -0.2) is 0 Å². The summed E-state index contributed by atoms with van der Waals surface area (Å²) in [6.07, 6.45) is 0.0680. The van der Waals surface area contributed by atoms with Gasteiger partial charge in [0.2, 0.25) is 5.82 Å². The highest BCUT2D eigenvalue weighted by Gasteiger charge is 2.20. The summed E-state index contributed by atoms with van der Waals surface area (Å²) < 4.78 is 20.0. The van der Waals surface area contributed by atoms with Gasteiger partial charge in [0.05, 0.1) is 16.7 Å². The number of nitrogens with zero attached hydrogens (tertiary/aromatic N) is 1. The second kappa shape index (κ2) is 16.1. The topological polar surface area (TPSA) is 98.6 Å². The van der Waals surface area contributed by atoms with Crippen LogP contribution in [-0.2, 0) is 0 Å². The molecule has 6 nitrogen and oxygen atoms in total. The van der Waals surface area contributed by atoms with Gasteiger partial charge < -0.3 is 15.6 Å². The van der Waals surface area contributed by atoms with Crippen LogP contribution in [0.1, 0.15) is 55.4 Å². The predicted molar refractivity (Wildman–Crippen MR) is 149 cm³/mol. The summed E-state index contributed by atoms with van der Waals surface area (Å²) in [5.74, 6) is 1.70. The summed E-state index contributed by atoms with van der Waals surface area (Å²) in [4.78, 5) is 9.35. The normalized spacial score (nSPS) is 11.0. The Balaban J connectivity index is 0.000000530. The van der Waals surface area contributed by atoms with Crippen molar-refractivity contribution in [2.45, 2.75) is 67.6 Å². The molecule has 0 aliphatic heterocycles. The molecule has 9 heteroatoms. The van der Waals surface area contributed by atoms with E-state index >= 15 is 0 Å². The number of hydrogen-bond acceptors (Lipinski definition) is 5. The monoisotopic (exact) mass is 620 g/mol. The van der Waals surface area contributed by atoms with Gasteiger partial charge in [-0.05, 0) is 54.0 Å². The molecule has 0 spiro atoms. The fourth-order valence-electron chi connectivity index (χ4n) is 3.21. The van der Waals surface area contributed by atoms with Crippen LogP contribution < -0.4 is 10.5 Å². The van der Waals surface area contributed by atoms with E-state index in [1.165, 1.54) is 6.07 Å². The fourth-order valence-corrected chi connectivity index (χ4v) is 3.94. The van der Waals surface area contributed by atoms with Crippen molar-refractivity contribution >= 4 is 43.2 Å². The van der Waals surface area contributed by atoms with E-state index in [1.807, 2.05) is 45.9 Å². The van der Waals surface area contributed by atoms with Crippen LogP contribution in [-0.4, -0.2) is 22.2 Å². The minimum atomic E-state index is -0.821. The first-order chi connectivity index (χ1) is 16.1. The summed E-state index contributed by atoms with van der Waals surface area (Å²) in [6.45, 7) is 16.8. The van der Waals surface area contributed by atoms with Crippen LogP contribution >= 0.6 is 31.9 Å². The van der Waals surface area contributed by atoms with Gasteiger partial charge in [-0.1, -0.05) is 87.2 Å². The summed E-state index contributed by atoms with van der Waals surface area (Å²) in [5, 5.41) is 19.3. The van der Waals surface area contributed by atoms with Gasteiger partial charge in [0.15, 0.2) is 0 Å². The molecule has 35 heavy (non-hydrogen) atoms. The molecular formula is C26H39Br2FN2O4. The third kappa shape index (κ3) is 12.7. The third-order valence-corrected chi connectivity index (χ3v) is 6.01. The van der Waals surface area contributed by atoms with Crippen molar-refractivity contribution in [3.63, 3.8) is 0 Å². The molecular weight excluding hydrogens is 583 g/mol. The van der Waals surface area contributed by atoms with E-state index in [9.17, 15) is 19.6 Å². The average molecular weight is 622 g/mol. The predicted octanol–water partition coefficient (Wildman–Crippen LogP) is 8.25. The first-order valence-electron chi connectivity index (χ1n) is 11.6. The molecule has 0 unspecified atom stereocenters. The lowest BCUT2D eigenvalue weighted by Gasteiger charge is -2.26. The zero-order valence-electron chi connectivity index (χ0n) is 21.8. The SMILES string of the molecule is CC(C)C(O)C(C)C.CC(C)C(Oc1ccc(Br)cc1N)C(C)C.O=[N+]([O-])c1cc(Br)ccc1F. The van der Waals surface area contributed by atoms with Crippen molar-refractivity contribution in [3.8, 4) is 5.75 Å². The number of rotatable bonds is 7. The molecule has 0 bridgehead atoms. The van der Waals surface area contributed by atoms with Crippen molar-refractivity contribution in [2.24, 2.45) is 23.7 Å². The van der Waals surface area contributed by atoms with Crippen LogP contribution in [0.4, 0.5) is 15.8 Å². The van der Waals surface area contributed by atoms with Crippen LogP contribution in [0.3, 0.4) is 0 Å². The number of aliphatic hydroxyl groups excluding tert-OH is 1. The molecule has 2 aromatic carbocycles. The second-order valence-electron chi connectivity index (χ2n) is 9.58. The fraction of sp³-hybridized carbons (Fsp3) is 0.538. The van der Waals surface area contributed by atoms with Crippen molar-refractivity contribution in [1.29, 1.82) is 0 Å². The summed E-state index contributed by atoms with van der Waals surface area (Å²) in [5.41, 5.74) is 6.08. The number of nitrogens with two attached hydrogens (primary N) is 1. The van der Waals surface area contributed by atoms with Crippen molar-refractivity contribution in [2.75, 3.05) is 5.73 Å². The molecule has 0 amide bonds. The van der Waals surface area contributed by atoms with Crippen molar-refractivity contribution in [3.05, 3.63) is 61.3 Å². The minimum absolute atomic E-state index is 0.130. The number of hydrogen-bond donors (Lipinski definition) is 2. The lowest BCUT2D eigenvalue weighted by atomic mass is 9.96. The summed E-state index contributed by atoms with van der Waals surface area (Å²) in [6, 6.07) is 9.30. The maximum absolute atomic E-state index is 12.6. The van der Waals surface area contributed by atoms with Gasteiger partial charge in [0, 0.05) is 15.0 Å². The molecule has 0 radical (unpaired) electrons. The van der Waals surface area contributed by atoms with E-state index in [-0.39, 0.29) is 12.2 Å². The summed E-state index contributed by atoms with van der Waals surface area (Å²) >= 11 is 6.38. The van der Waals surface area contributed by atoms with Gasteiger partial charge in [-0.2, -0.15) is 4.39 Å². The number of nitro benzene ring substituents is 1. The van der Waals surface area contributed by atoms with E-state index in [2.05, 4.69) is 59.6 Å². The highest BCUT2D eigenvalue weighted by Crippen LogP contribution is 2.29. The van der Waals surface area contributed by atoms with Crippen molar-refractivity contribution in [1.82, 2.24) is 0 Å². The van der Waals surface area contributed by atoms with Crippen LogP contribution in [0.25, 0.3) is 0 Å². The first-order valence-corrected chi connectivity index (χ1v) is 13.2. The molecule has 2 rings (SSSR count). The smallest absolute Gasteiger partial charge is 0.305 e. The average Bonchev–Trinajstić information content (AvgIpc) is 2.74. The molecule has 0 aliphatic rings. The molecule has 0 heterocycles. The molecule has 0 saturated carbocycles. The van der Waals surface area contributed by atoms with E-state index in [4.69, 9.17) is 10.5 Å². The maximum Gasteiger partial charge on any atom is 0.305 e. The molecule has 198 valence electrons. The second-order valence-corrected chi connectivity index (χ2v) is 11.4. The van der Waals surface area contributed by atoms with Crippen LogP contribution in [0.15, 0.2) is 45.3 Å². The van der Waals surface area contributed by atoms with E-state index in [0.717, 1.165) is 22.4 Å². The van der Waals surface area contributed by atoms with Crippen molar-refractivity contribution < 1.29 is 19.2 Å². The minimum Gasteiger partial charge on any atom is -0.488 e. The van der Waals surface area contributed by atoms with E-state index in [1.54, 1.807) is 0 Å². The number of nitro groups is 1. The zero-order chi connectivity index (χ0) is 27.5. The number of aliphatic hydroxyl groups is 1. The van der Waals surface area contributed by atoms with Gasteiger partial charge in [0.1, 0.15) is 11.9 Å². The molecule has 0 saturated heterocycles. The molecule has 0 fully saturated rings.